The first-order valence-electron chi connectivity index (χ1n) is 9.70. The maximum absolute atomic E-state index is 12.2. The van der Waals surface area contributed by atoms with Gasteiger partial charge in [-0.1, -0.05) is 19.4 Å². The van der Waals surface area contributed by atoms with Crippen LogP contribution >= 0.6 is 0 Å². The molecule has 0 aromatic rings. The normalized spacial score (nSPS) is 50.6. The van der Waals surface area contributed by atoms with Crippen LogP contribution in [0.15, 0.2) is 11.6 Å². The predicted molar refractivity (Wildman–Crippen MR) is 92.3 cm³/mol. The molecule has 24 heavy (non-hydrogen) atoms. The van der Waals surface area contributed by atoms with Gasteiger partial charge >= 0.3 is 0 Å². The van der Waals surface area contributed by atoms with Gasteiger partial charge in [0.05, 0.1) is 6.10 Å². The summed E-state index contributed by atoms with van der Waals surface area (Å²) in [4.78, 5) is 24.0. The van der Waals surface area contributed by atoms with Crippen LogP contribution in [0.1, 0.15) is 65.7 Å². The smallest absolute Gasteiger partial charge is 0.155 e. The first-order valence-corrected chi connectivity index (χ1v) is 9.70. The Bertz CT molecular complexity index is 621. The van der Waals surface area contributed by atoms with E-state index in [1.54, 1.807) is 6.92 Å². The molecule has 0 radical (unpaired) electrons. The number of aliphatic hydroxyl groups excluding tert-OH is 1. The summed E-state index contributed by atoms with van der Waals surface area (Å²) in [6.45, 7) is 6.27. The second-order valence-corrected chi connectivity index (χ2v) is 9.41. The van der Waals surface area contributed by atoms with Crippen LogP contribution in [0.4, 0.5) is 0 Å². The van der Waals surface area contributed by atoms with Gasteiger partial charge in [0.1, 0.15) is 5.78 Å². The van der Waals surface area contributed by atoms with Gasteiger partial charge in [-0.25, -0.2) is 0 Å². The maximum Gasteiger partial charge on any atom is 0.155 e. The highest BCUT2D eigenvalue weighted by Crippen LogP contribution is 2.66. The first kappa shape index (κ1) is 16.5. The summed E-state index contributed by atoms with van der Waals surface area (Å²) >= 11 is 0. The SMILES string of the molecule is CC(=O)[C@@H]1CC[C@@H]2[C@@H]3CCC4=CC(=O)CC[C@@]4(C)[C@@H]3[C@H](O)C[C@@]21C. The molecule has 0 saturated heterocycles. The molecule has 0 bridgehead atoms. The largest absolute Gasteiger partial charge is 0.393 e. The average Bonchev–Trinajstić information content (AvgIpc) is 2.84. The molecular formula is C21H30O3. The zero-order valence-electron chi connectivity index (χ0n) is 15.2. The summed E-state index contributed by atoms with van der Waals surface area (Å²) < 4.78 is 0. The second kappa shape index (κ2) is 5.27. The number of carbonyl (C=O) groups excluding carboxylic acids is 2. The molecule has 3 heteroatoms. The highest BCUT2D eigenvalue weighted by Gasteiger charge is 2.62. The summed E-state index contributed by atoms with van der Waals surface area (Å²) in [5.41, 5.74) is 1.23. The molecule has 0 unspecified atom stereocenters. The number of rotatable bonds is 1. The minimum atomic E-state index is -0.349. The number of hydrogen-bond donors (Lipinski definition) is 1. The van der Waals surface area contributed by atoms with E-state index in [0.717, 1.165) is 38.5 Å². The van der Waals surface area contributed by atoms with Crippen molar-refractivity contribution in [1.82, 2.24) is 0 Å². The Labute approximate surface area is 144 Å². The highest BCUT2D eigenvalue weighted by molar-refractivity contribution is 5.91. The van der Waals surface area contributed by atoms with E-state index in [2.05, 4.69) is 13.8 Å². The molecule has 0 spiro atoms. The number of Topliss-reactive ketones (excluding diaryl/α,β-unsaturated/α-hetero) is 1. The molecular weight excluding hydrogens is 300 g/mol. The van der Waals surface area contributed by atoms with Gasteiger partial charge in [-0.05, 0) is 80.1 Å². The number of ketones is 2. The minimum Gasteiger partial charge on any atom is -0.393 e. The van der Waals surface area contributed by atoms with Crippen LogP contribution in [0.3, 0.4) is 0 Å². The van der Waals surface area contributed by atoms with Crippen molar-refractivity contribution < 1.29 is 14.7 Å². The third kappa shape index (κ3) is 2.06. The van der Waals surface area contributed by atoms with Crippen molar-refractivity contribution in [3.8, 4) is 0 Å². The standard InChI is InChI=1S/C21H30O3/c1-12(22)16-6-7-17-15-5-4-13-10-14(23)8-9-20(13,2)19(15)18(24)11-21(16,17)3/h10,15-19,24H,4-9,11H2,1-3H3/t15-,16-,17+,18+,19-,20+,21+/m0/s1. The van der Waals surface area contributed by atoms with Crippen LogP contribution in [0.5, 0.6) is 0 Å². The van der Waals surface area contributed by atoms with Gasteiger partial charge in [-0.3, -0.25) is 9.59 Å². The molecule has 4 aliphatic rings. The third-order valence-corrected chi connectivity index (χ3v) is 8.38. The molecule has 3 fully saturated rings. The summed E-state index contributed by atoms with van der Waals surface area (Å²) in [5, 5.41) is 11.2. The summed E-state index contributed by atoms with van der Waals surface area (Å²) in [5.74, 6) is 1.99. The Morgan fingerprint density at radius 1 is 1.21 bits per heavy atom. The summed E-state index contributed by atoms with van der Waals surface area (Å²) in [6, 6.07) is 0. The zero-order chi connectivity index (χ0) is 17.3. The van der Waals surface area contributed by atoms with Gasteiger partial charge in [-0.2, -0.15) is 0 Å². The maximum atomic E-state index is 12.2. The second-order valence-electron chi connectivity index (χ2n) is 9.41. The molecule has 0 aromatic carbocycles. The van der Waals surface area contributed by atoms with Crippen molar-refractivity contribution in [3.63, 3.8) is 0 Å². The summed E-state index contributed by atoms with van der Waals surface area (Å²) in [7, 11) is 0. The van der Waals surface area contributed by atoms with Gasteiger partial charge in [0.15, 0.2) is 5.78 Å². The van der Waals surface area contributed by atoms with Gasteiger partial charge < -0.3 is 5.11 Å². The number of hydrogen-bond acceptors (Lipinski definition) is 3. The molecule has 132 valence electrons. The van der Waals surface area contributed by atoms with Crippen LogP contribution < -0.4 is 0 Å². The topological polar surface area (TPSA) is 54.4 Å². The number of allylic oxidation sites excluding steroid dienone is 1. The molecule has 0 aromatic heterocycles. The Morgan fingerprint density at radius 2 is 1.96 bits per heavy atom. The third-order valence-electron chi connectivity index (χ3n) is 8.38. The molecule has 1 N–H and O–H groups in total. The van der Waals surface area contributed by atoms with Crippen LogP contribution in [0.2, 0.25) is 0 Å². The fourth-order valence-electron chi connectivity index (χ4n) is 7.35. The number of fused-ring (bicyclic) bond motifs is 5. The van der Waals surface area contributed by atoms with Crippen molar-refractivity contribution >= 4 is 11.6 Å². The lowest BCUT2D eigenvalue weighted by Gasteiger charge is -2.59. The van der Waals surface area contributed by atoms with Crippen LogP contribution in [-0.4, -0.2) is 22.8 Å². The minimum absolute atomic E-state index is 0.0219. The van der Waals surface area contributed by atoms with Gasteiger partial charge in [0.25, 0.3) is 0 Å². The van der Waals surface area contributed by atoms with Crippen molar-refractivity contribution in [1.29, 1.82) is 0 Å². The predicted octanol–water partition coefficient (Wildman–Crippen LogP) is 3.69. The highest BCUT2D eigenvalue weighted by atomic mass is 16.3. The molecule has 4 rings (SSSR count). The molecule has 0 aliphatic heterocycles. The molecule has 0 amide bonds. The van der Waals surface area contributed by atoms with Crippen LogP contribution in [-0.2, 0) is 9.59 Å². The van der Waals surface area contributed by atoms with Crippen LogP contribution in [0.25, 0.3) is 0 Å². The lowest BCUT2D eigenvalue weighted by Crippen LogP contribution is -2.56. The van der Waals surface area contributed by atoms with E-state index in [-0.39, 0.29) is 34.6 Å². The van der Waals surface area contributed by atoms with E-state index in [1.807, 2.05) is 6.08 Å². The molecule has 3 saturated carbocycles. The van der Waals surface area contributed by atoms with Crippen molar-refractivity contribution in [2.45, 2.75) is 71.8 Å². The fourth-order valence-corrected chi connectivity index (χ4v) is 7.35. The Kier molecular flexibility index (Phi) is 3.62. The molecule has 4 aliphatic carbocycles. The summed E-state index contributed by atoms with van der Waals surface area (Å²) in [6.07, 6.45) is 7.97. The van der Waals surface area contributed by atoms with Gasteiger partial charge in [0.2, 0.25) is 0 Å². The quantitative estimate of drug-likeness (QED) is 0.797. The van der Waals surface area contributed by atoms with Crippen molar-refractivity contribution in [3.05, 3.63) is 11.6 Å². The van der Waals surface area contributed by atoms with E-state index < -0.39 is 0 Å². The Morgan fingerprint density at radius 3 is 2.67 bits per heavy atom. The van der Waals surface area contributed by atoms with E-state index in [0.29, 0.717) is 24.0 Å². The monoisotopic (exact) mass is 330 g/mol. The fraction of sp³-hybridized carbons (Fsp3) is 0.810. The average molecular weight is 330 g/mol. The lowest BCUT2D eigenvalue weighted by molar-refractivity contribution is -0.143. The zero-order valence-corrected chi connectivity index (χ0v) is 15.2. The van der Waals surface area contributed by atoms with Crippen LogP contribution in [0, 0.1) is 34.5 Å². The Hall–Kier alpha value is -0.960. The Balaban J connectivity index is 1.72. The molecule has 0 heterocycles. The number of carbonyl (C=O) groups is 2. The molecule has 3 nitrogen and oxygen atoms in total. The van der Waals surface area contributed by atoms with Gasteiger partial charge in [0, 0.05) is 12.3 Å². The lowest BCUT2D eigenvalue weighted by atomic mass is 9.46. The number of aliphatic hydroxyl groups is 1. The molecule has 7 atom stereocenters. The van der Waals surface area contributed by atoms with E-state index in [1.165, 1.54) is 5.57 Å². The van der Waals surface area contributed by atoms with Crippen molar-refractivity contribution in [2.75, 3.05) is 0 Å². The van der Waals surface area contributed by atoms with E-state index in [9.17, 15) is 14.7 Å². The van der Waals surface area contributed by atoms with E-state index in [4.69, 9.17) is 0 Å². The first-order chi connectivity index (χ1) is 11.3. The van der Waals surface area contributed by atoms with Gasteiger partial charge in [-0.15, -0.1) is 0 Å². The van der Waals surface area contributed by atoms with Crippen molar-refractivity contribution in [2.24, 2.45) is 34.5 Å². The van der Waals surface area contributed by atoms with E-state index >= 15 is 0 Å².